The van der Waals surface area contributed by atoms with E-state index < -0.39 is 10.0 Å². The monoisotopic (exact) mass is 311 g/mol. The highest BCUT2D eigenvalue weighted by Crippen LogP contribution is 2.22. The van der Waals surface area contributed by atoms with E-state index in [1.54, 1.807) is 0 Å². The first-order valence-electron chi connectivity index (χ1n) is 5.63. The lowest BCUT2D eigenvalue weighted by atomic mass is 10.2. The first kappa shape index (κ1) is 14.4. The Labute approximate surface area is 121 Å². The Bertz CT molecular complexity index is 777. The van der Waals surface area contributed by atoms with E-state index >= 15 is 0 Å². The van der Waals surface area contributed by atoms with Crippen LogP contribution < -0.4 is 4.72 Å². The van der Waals surface area contributed by atoms with Crippen molar-refractivity contribution in [3.05, 3.63) is 40.7 Å². The molecule has 2 aromatic rings. The zero-order valence-corrected chi connectivity index (χ0v) is 12.0. The number of aryl methyl sites for hydroxylation is 1. The Balaban J connectivity index is 2.31. The fraction of sp³-hybridized carbons (Fsp3) is 0.167. The molecule has 0 bridgehead atoms. The number of nitrogens with one attached hydrogen (secondary N) is 1. The van der Waals surface area contributed by atoms with Crippen molar-refractivity contribution in [1.29, 1.82) is 5.26 Å². The van der Waals surface area contributed by atoms with Crippen molar-refractivity contribution in [2.24, 2.45) is 0 Å². The topological polar surface area (TPSA) is 96.0 Å². The third kappa shape index (κ3) is 2.92. The van der Waals surface area contributed by atoms with Gasteiger partial charge in [0, 0.05) is 0 Å². The smallest absolute Gasteiger partial charge is 0.309 e. The molecular weight excluding hydrogens is 302 g/mol. The number of nitrogens with zero attached hydrogens (tertiary/aromatic N) is 2. The fourth-order valence-electron chi connectivity index (χ4n) is 1.44. The number of aromatic nitrogens is 1. The Morgan fingerprint density at radius 1 is 1.50 bits per heavy atom. The van der Waals surface area contributed by atoms with Crippen molar-refractivity contribution in [1.82, 2.24) is 4.98 Å². The highest BCUT2D eigenvalue weighted by molar-refractivity contribution is 7.92. The molecule has 8 heteroatoms. The SMILES string of the molecule is CCc1coc(NS(=O)(=O)c2ccc(C#N)c(Cl)c2)n1. The first-order chi connectivity index (χ1) is 9.46. The molecule has 20 heavy (non-hydrogen) atoms. The Morgan fingerprint density at radius 2 is 2.25 bits per heavy atom. The van der Waals surface area contributed by atoms with Gasteiger partial charge in [0.05, 0.1) is 21.2 Å². The predicted octanol–water partition coefficient (Wildman–Crippen LogP) is 2.56. The molecule has 0 atom stereocenters. The zero-order valence-electron chi connectivity index (χ0n) is 10.4. The standard InChI is InChI=1S/C12H10ClN3O3S/c1-2-9-7-19-12(15-9)16-20(17,18)10-4-3-8(6-14)11(13)5-10/h3-5,7H,2H2,1H3,(H,15,16). The molecular formula is C12H10ClN3O3S. The molecule has 0 unspecified atom stereocenters. The van der Waals surface area contributed by atoms with Crippen molar-refractivity contribution < 1.29 is 12.8 Å². The minimum atomic E-state index is -3.86. The van der Waals surface area contributed by atoms with Crippen LogP contribution in [0.2, 0.25) is 5.02 Å². The van der Waals surface area contributed by atoms with Gasteiger partial charge in [-0.05, 0) is 24.6 Å². The molecule has 6 nitrogen and oxygen atoms in total. The number of hydrogen-bond donors (Lipinski definition) is 1. The van der Waals surface area contributed by atoms with Crippen LogP contribution in [0.1, 0.15) is 18.2 Å². The van der Waals surface area contributed by atoms with Crippen molar-refractivity contribution >= 4 is 27.6 Å². The van der Waals surface area contributed by atoms with Crippen LogP contribution in [0.4, 0.5) is 6.01 Å². The largest absolute Gasteiger partial charge is 0.431 e. The summed E-state index contributed by atoms with van der Waals surface area (Å²) in [6.07, 6.45) is 2.01. The summed E-state index contributed by atoms with van der Waals surface area (Å²) in [5.74, 6) is 0. The van der Waals surface area contributed by atoms with E-state index in [0.717, 1.165) is 0 Å². The lowest BCUT2D eigenvalue weighted by molar-refractivity contribution is 0.569. The number of hydrogen-bond acceptors (Lipinski definition) is 5. The number of oxazole rings is 1. The Kier molecular flexibility index (Phi) is 3.97. The molecule has 0 saturated heterocycles. The molecule has 1 aromatic heterocycles. The summed E-state index contributed by atoms with van der Waals surface area (Å²) in [5.41, 5.74) is 0.843. The van der Waals surface area contributed by atoms with Gasteiger partial charge in [-0.3, -0.25) is 0 Å². The minimum absolute atomic E-state index is 0.0667. The van der Waals surface area contributed by atoms with Gasteiger partial charge in [-0.2, -0.15) is 10.2 Å². The highest BCUT2D eigenvalue weighted by Gasteiger charge is 2.18. The second kappa shape index (κ2) is 5.53. The fourth-order valence-corrected chi connectivity index (χ4v) is 2.69. The minimum Gasteiger partial charge on any atom is -0.431 e. The molecule has 104 valence electrons. The summed E-state index contributed by atoms with van der Waals surface area (Å²) in [5, 5.41) is 8.82. The van der Waals surface area contributed by atoms with Crippen molar-refractivity contribution in [2.75, 3.05) is 4.72 Å². The van der Waals surface area contributed by atoms with E-state index in [-0.39, 0.29) is 21.5 Å². The molecule has 2 rings (SSSR count). The molecule has 1 aromatic carbocycles. The van der Waals surface area contributed by atoms with Crippen molar-refractivity contribution in [3.8, 4) is 6.07 Å². The summed E-state index contributed by atoms with van der Waals surface area (Å²) >= 11 is 5.81. The van der Waals surface area contributed by atoms with Gasteiger partial charge >= 0.3 is 6.01 Å². The van der Waals surface area contributed by atoms with Gasteiger partial charge < -0.3 is 4.42 Å². The normalized spacial score (nSPS) is 11.1. The van der Waals surface area contributed by atoms with Crippen molar-refractivity contribution in [3.63, 3.8) is 0 Å². The van der Waals surface area contributed by atoms with Crippen LogP contribution in [0.3, 0.4) is 0 Å². The maximum absolute atomic E-state index is 12.1. The molecule has 1 N–H and O–H groups in total. The summed E-state index contributed by atoms with van der Waals surface area (Å²) < 4.78 is 31.4. The Morgan fingerprint density at radius 3 is 2.80 bits per heavy atom. The van der Waals surface area contributed by atoms with E-state index in [4.69, 9.17) is 21.3 Å². The number of anilines is 1. The third-order valence-corrected chi connectivity index (χ3v) is 4.14. The Hall–Kier alpha value is -2.04. The van der Waals surface area contributed by atoms with E-state index in [1.807, 2.05) is 13.0 Å². The first-order valence-corrected chi connectivity index (χ1v) is 7.49. The molecule has 0 fully saturated rings. The quantitative estimate of drug-likeness (QED) is 0.936. The van der Waals surface area contributed by atoms with Crippen LogP contribution in [0.25, 0.3) is 0 Å². The summed E-state index contributed by atoms with van der Waals surface area (Å²) in [4.78, 5) is 3.88. The third-order valence-electron chi connectivity index (χ3n) is 2.51. The molecule has 0 aliphatic carbocycles. The van der Waals surface area contributed by atoms with Crippen molar-refractivity contribution in [2.45, 2.75) is 18.2 Å². The van der Waals surface area contributed by atoms with Gasteiger partial charge in [-0.25, -0.2) is 13.1 Å². The zero-order chi connectivity index (χ0) is 14.8. The second-order valence-electron chi connectivity index (χ2n) is 3.86. The van der Waals surface area contributed by atoms with Gasteiger partial charge in [-0.15, -0.1) is 0 Å². The van der Waals surface area contributed by atoms with E-state index in [1.165, 1.54) is 24.5 Å². The number of benzene rings is 1. The van der Waals surface area contributed by atoms with E-state index in [2.05, 4.69) is 9.71 Å². The molecule has 0 amide bonds. The van der Waals surface area contributed by atoms with Gasteiger partial charge in [0.15, 0.2) is 0 Å². The molecule has 0 aliphatic heterocycles. The van der Waals surface area contributed by atoms with Gasteiger partial charge in [0.2, 0.25) is 0 Å². The molecule has 0 radical (unpaired) electrons. The van der Waals surface area contributed by atoms with Gasteiger partial charge in [0.25, 0.3) is 10.0 Å². The highest BCUT2D eigenvalue weighted by atomic mass is 35.5. The van der Waals surface area contributed by atoms with Crippen LogP contribution in [-0.2, 0) is 16.4 Å². The van der Waals surface area contributed by atoms with E-state index in [0.29, 0.717) is 12.1 Å². The molecule has 0 spiro atoms. The van der Waals surface area contributed by atoms with Crippen LogP contribution in [0, 0.1) is 11.3 Å². The predicted molar refractivity (Wildman–Crippen MR) is 72.9 cm³/mol. The van der Waals surface area contributed by atoms with Crippen LogP contribution in [0.5, 0.6) is 0 Å². The maximum atomic E-state index is 12.1. The number of halogens is 1. The van der Waals surface area contributed by atoms with Gasteiger partial charge in [-0.1, -0.05) is 18.5 Å². The summed E-state index contributed by atoms with van der Waals surface area (Å²) in [6.45, 7) is 1.87. The lowest BCUT2D eigenvalue weighted by Crippen LogP contribution is -2.13. The maximum Gasteiger partial charge on any atom is 0.309 e. The van der Waals surface area contributed by atoms with E-state index in [9.17, 15) is 8.42 Å². The molecule has 0 aliphatic rings. The van der Waals surface area contributed by atoms with Crippen LogP contribution >= 0.6 is 11.6 Å². The number of nitriles is 1. The van der Waals surface area contributed by atoms with Crippen LogP contribution in [0.15, 0.2) is 33.8 Å². The van der Waals surface area contributed by atoms with Crippen LogP contribution in [-0.4, -0.2) is 13.4 Å². The molecule has 0 saturated carbocycles. The summed E-state index contributed by atoms with van der Waals surface area (Å²) in [7, 11) is -3.86. The lowest BCUT2D eigenvalue weighted by Gasteiger charge is -2.05. The molecule has 1 heterocycles. The summed E-state index contributed by atoms with van der Waals surface area (Å²) in [6, 6.07) is 5.57. The number of rotatable bonds is 4. The average molecular weight is 312 g/mol. The average Bonchev–Trinajstić information content (AvgIpc) is 2.85. The van der Waals surface area contributed by atoms with Gasteiger partial charge in [0.1, 0.15) is 12.3 Å². The second-order valence-corrected chi connectivity index (χ2v) is 5.95. The number of sulfonamides is 1.